The van der Waals surface area contributed by atoms with E-state index in [1.165, 1.54) is 6.07 Å². The molecule has 0 saturated heterocycles. The minimum atomic E-state index is -4.57. The van der Waals surface area contributed by atoms with E-state index in [2.05, 4.69) is 10.1 Å². The van der Waals surface area contributed by atoms with E-state index >= 15 is 0 Å². The van der Waals surface area contributed by atoms with Crippen molar-refractivity contribution in [3.05, 3.63) is 59.2 Å². The molecule has 0 aliphatic rings. The van der Waals surface area contributed by atoms with Crippen molar-refractivity contribution in [2.45, 2.75) is 6.18 Å². The molecule has 1 amide bonds. The van der Waals surface area contributed by atoms with Crippen LogP contribution in [0.3, 0.4) is 0 Å². The summed E-state index contributed by atoms with van der Waals surface area (Å²) in [5.41, 5.74) is -0.817. The van der Waals surface area contributed by atoms with Crippen LogP contribution in [0.1, 0.15) is 15.9 Å². The maximum Gasteiger partial charge on any atom is 0.422 e. The predicted molar refractivity (Wildman–Crippen MR) is 77.0 cm³/mol. The molecule has 2 rings (SSSR count). The van der Waals surface area contributed by atoms with Crippen LogP contribution >= 0.6 is 0 Å². The third-order valence-corrected chi connectivity index (χ3v) is 2.92. The van der Waals surface area contributed by atoms with Gasteiger partial charge in [0.1, 0.15) is 23.5 Å². The average molecular weight is 356 g/mol. The molecular weight excluding hydrogens is 347 g/mol. The zero-order valence-corrected chi connectivity index (χ0v) is 12.3. The van der Waals surface area contributed by atoms with E-state index in [0.717, 1.165) is 24.3 Å². The molecule has 9 heteroatoms. The van der Waals surface area contributed by atoms with Crippen molar-refractivity contribution in [2.75, 3.05) is 11.9 Å². The highest BCUT2D eigenvalue weighted by molar-refractivity contribution is 6.04. The summed E-state index contributed by atoms with van der Waals surface area (Å²) >= 11 is 0. The molecule has 0 aliphatic carbocycles. The average Bonchev–Trinajstić information content (AvgIpc) is 2.54. The Morgan fingerprint density at radius 2 is 1.88 bits per heavy atom. The van der Waals surface area contributed by atoms with Gasteiger partial charge in [-0.25, -0.2) is 8.78 Å². The second kappa shape index (κ2) is 7.17. The van der Waals surface area contributed by atoms with Crippen LogP contribution in [0.4, 0.5) is 27.6 Å². The zero-order valence-electron chi connectivity index (χ0n) is 12.3. The van der Waals surface area contributed by atoms with Crippen molar-refractivity contribution in [3.63, 3.8) is 0 Å². The number of ether oxygens (including phenoxy) is 1. The number of rotatable bonds is 4. The van der Waals surface area contributed by atoms with Crippen LogP contribution in [0.2, 0.25) is 0 Å². The highest BCUT2D eigenvalue weighted by Crippen LogP contribution is 2.25. The first-order chi connectivity index (χ1) is 11.7. The number of nitrogens with zero attached hydrogens (tertiary/aromatic N) is 1. The lowest BCUT2D eigenvalue weighted by Crippen LogP contribution is -2.19. The number of carbonyl (C=O) groups is 1. The number of alkyl halides is 3. The fourth-order valence-corrected chi connectivity index (χ4v) is 1.85. The van der Waals surface area contributed by atoms with Gasteiger partial charge in [-0.05, 0) is 36.4 Å². The normalized spacial score (nSPS) is 10.9. The molecule has 0 radical (unpaired) electrons. The van der Waals surface area contributed by atoms with E-state index in [1.54, 1.807) is 6.07 Å². The number of hydrogen-bond donors (Lipinski definition) is 1. The lowest BCUT2D eigenvalue weighted by molar-refractivity contribution is -0.153. The van der Waals surface area contributed by atoms with Crippen LogP contribution < -0.4 is 10.1 Å². The fourth-order valence-electron chi connectivity index (χ4n) is 1.85. The maximum atomic E-state index is 13.5. The first-order valence-electron chi connectivity index (χ1n) is 6.70. The van der Waals surface area contributed by atoms with Crippen molar-refractivity contribution in [2.24, 2.45) is 0 Å². The molecular formula is C16H9F5N2O2. The van der Waals surface area contributed by atoms with Crippen LogP contribution in [0.25, 0.3) is 0 Å². The topological polar surface area (TPSA) is 62.1 Å². The summed E-state index contributed by atoms with van der Waals surface area (Å²) in [6, 6.07) is 7.22. The lowest BCUT2D eigenvalue weighted by Gasteiger charge is -2.12. The first-order valence-corrected chi connectivity index (χ1v) is 6.70. The molecule has 4 nitrogen and oxygen atoms in total. The van der Waals surface area contributed by atoms with Gasteiger partial charge in [-0.1, -0.05) is 0 Å². The van der Waals surface area contributed by atoms with Gasteiger partial charge < -0.3 is 10.1 Å². The van der Waals surface area contributed by atoms with E-state index in [4.69, 9.17) is 5.26 Å². The van der Waals surface area contributed by atoms with Gasteiger partial charge in [-0.15, -0.1) is 0 Å². The number of carbonyl (C=O) groups excluding carboxylic acids is 1. The number of anilines is 1. The number of hydrogen-bond acceptors (Lipinski definition) is 3. The third kappa shape index (κ3) is 4.91. The number of nitrogens with one attached hydrogen (secondary N) is 1. The quantitative estimate of drug-likeness (QED) is 0.842. The zero-order chi connectivity index (χ0) is 18.6. The molecule has 0 fully saturated rings. The molecule has 0 spiro atoms. The summed E-state index contributed by atoms with van der Waals surface area (Å²) in [4.78, 5) is 11.9. The summed E-state index contributed by atoms with van der Waals surface area (Å²) in [6.07, 6.45) is -4.57. The van der Waals surface area contributed by atoms with Crippen molar-refractivity contribution in [3.8, 4) is 11.8 Å². The maximum absolute atomic E-state index is 13.5. The van der Waals surface area contributed by atoms with E-state index < -0.39 is 35.9 Å². The molecule has 25 heavy (non-hydrogen) atoms. The summed E-state index contributed by atoms with van der Waals surface area (Å²) < 4.78 is 67.6. The number of nitriles is 1. The summed E-state index contributed by atoms with van der Waals surface area (Å²) in [5, 5.41) is 11.2. The standard InChI is InChI=1S/C16H9F5N2O2/c17-10-1-3-13(18)12(6-10)15(24)23-11-2-4-14(9(5-11)7-22)25-8-16(19,20)21/h1-6H,8H2,(H,23,24). The predicted octanol–water partition coefficient (Wildman–Crippen LogP) is 4.03. The SMILES string of the molecule is N#Cc1cc(NC(=O)c2cc(F)ccc2F)ccc1OCC(F)(F)F. The Hall–Kier alpha value is -3.15. The molecule has 0 unspecified atom stereocenters. The highest BCUT2D eigenvalue weighted by Gasteiger charge is 2.29. The first kappa shape index (κ1) is 18.2. The Morgan fingerprint density at radius 3 is 2.52 bits per heavy atom. The fraction of sp³-hybridized carbons (Fsp3) is 0.125. The Bertz CT molecular complexity index is 843. The van der Waals surface area contributed by atoms with E-state index in [-0.39, 0.29) is 17.0 Å². The Labute approximate surface area is 138 Å². The van der Waals surface area contributed by atoms with Gasteiger partial charge in [0.25, 0.3) is 5.91 Å². The summed E-state index contributed by atoms with van der Waals surface area (Å²) in [6.45, 7) is -1.58. The van der Waals surface area contributed by atoms with E-state index in [0.29, 0.717) is 6.07 Å². The van der Waals surface area contributed by atoms with Gasteiger partial charge in [-0.2, -0.15) is 18.4 Å². The van der Waals surface area contributed by atoms with Crippen molar-refractivity contribution < 1.29 is 31.5 Å². The molecule has 0 aromatic heterocycles. The second-order valence-electron chi connectivity index (χ2n) is 4.80. The molecule has 130 valence electrons. The van der Waals surface area contributed by atoms with Crippen LogP contribution in [0.5, 0.6) is 5.75 Å². The molecule has 2 aromatic rings. The Morgan fingerprint density at radius 1 is 1.16 bits per heavy atom. The van der Waals surface area contributed by atoms with Gasteiger partial charge in [0.2, 0.25) is 0 Å². The second-order valence-corrected chi connectivity index (χ2v) is 4.80. The van der Waals surface area contributed by atoms with Gasteiger partial charge in [-0.3, -0.25) is 4.79 Å². The number of benzene rings is 2. The number of amides is 1. The van der Waals surface area contributed by atoms with Gasteiger partial charge >= 0.3 is 6.18 Å². The van der Waals surface area contributed by atoms with Gasteiger partial charge in [0.15, 0.2) is 6.61 Å². The minimum absolute atomic E-state index is 0.00423. The van der Waals surface area contributed by atoms with Crippen molar-refractivity contribution in [1.29, 1.82) is 5.26 Å². The van der Waals surface area contributed by atoms with Crippen LogP contribution in [0.15, 0.2) is 36.4 Å². The van der Waals surface area contributed by atoms with Crippen LogP contribution in [-0.2, 0) is 0 Å². The molecule has 0 atom stereocenters. The smallest absolute Gasteiger partial charge is 0.422 e. The minimum Gasteiger partial charge on any atom is -0.483 e. The van der Waals surface area contributed by atoms with Gasteiger partial charge in [0.05, 0.1) is 11.1 Å². The summed E-state index contributed by atoms with van der Waals surface area (Å²) in [5.74, 6) is -3.08. The molecule has 0 aliphatic heterocycles. The Balaban J connectivity index is 2.19. The van der Waals surface area contributed by atoms with Crippen molar-refractivity contribution in [1.82, 2.24) is 0 Å². The van der Waals surface area contributed by atoms with Crippen LogP contribution in [-0.4, -0.2) is 18.7 Å². The molecule has 0 saturated carbocycles. The molecule has 0 bridgehead atoms. The largest absolute Gasteiger partial charge is 0.483 e. The van der Waals surface area contributed by atoms with Gasteiger partial charge in [0, 0.05) is 5.69 Å². The monoisotopic (exact) mass is 356 g/mol. The van der Waals surface area contributed by atoms with E-state index in [9.17, 15) is 26.7 Å². The Kier molecular flexibility index (Phi) is 5.22. The molecule has 2 aromatic carbocycles. The van der Waals surface area contributed by atoms with E-state index in [1.807, 2.05) is 0 Å². The molecule has 1 N–H and O–H groups in total. The van der Waals surface area contributed by atoms with Crippen LogP contribution in [0, 0.1) is 23.0 Å². The third-order valence-electron chi connectivity index (χ3n) is 2.92. The number of halogens is 5. The van der Waals surface area contributed by atoms with Crippen molar-refractivity contribution >= 4 is 11.6 Å². The highest BCUT2D eigenvalue weighted by atomic mass is 19.4. The lowest BCUT2D eigenvalue weighted by atomic mass is 10.1. The summed E-state index contributed by atoms with van der Waals surface area (Å²) in [7, 11) is 0. The molecule has 0 heterocycles.